The Balaban J connectivity index is 1.80. The molecule has 3 aromatic rings. The Morgan fingerprint density at radius 3 is 2.73 bits per heavy atom. The van der Waals surface area contributed by atoms with Crippen molar-refractivity contribution in [3.63, 3.8) is 0 Å². The van der Waals surface area contributed by atoms with Gasteiger partial charge in [-0.25, -0.2) is 0 Å². The van der Waals surface area contributed by atoms with Crippen LogP contribution in [0.3, 0.4) is 0 Å². The number of halogens is 4. The minimum Gasteiger partial charge on any atom is -0.427 e. The largest absolute Gasteiger partial charge is 0.427 e. The summed E-state index contributed by atoms with van der Waals surface area (Å²) in [7, 11) is 0. The normalized spacial score (nSPS) is 11.8. The summed E-state index contributed by atoms with van der Waals surface area (Å²) in [5.74, 6) is -3.92. The summed E-state index contributed by atoms with van der Waals surface area (Å²) in [4.78, 5) is 19.8. The Bertz CT molecular complexity index is 1270. The van der Waals surface area contributed by atoms with Crippen LogP contribution in [0.25, 0.3) is 0 Å². The van der Waals surface area contributed by atoms with E-state index in [4.69, 9.17) is 23.2 Å². The third-order valence-electron chi connectivity index (χ3n) is 4.59. The van der Waals surface area contributed by atoms with Crippen molar-refractivity contribution < 1.29 is 18.8 Å². The molecule has 2 N–H and O–H groups in total. The van der Waals surface area contributed by atoms with Crippen molar-refractivity contribution in [2.24, 2.45) is 4.99 Å². The average Bonchev–Trinajstić information content (AvgIpc) is 2.80. The van der Waals surface area contributed by atoms with Crippen LogP contribution in [-0.2, 0) is 23.7 Å². The van der Waals surface area contributed by atoms with E-state index in [1.54, 1.807) is 18.2 Å². The molecule has 2 heterocycles. The zero-order chi connectivity index (χ0) is 24.0. The van der Waals surface area contributed by atoms with Crippen molar-refractivity contribution in [2.45, 2.75) is 18.9 Å². The third-order valence-corrected chi connectivity index (χ3v) is 5.20. The Morgan fingerprint density at radius 2 is 2.03 bits per heavy atom. The lowest BCUT2D eigenvalue weighted by atomic mass is 10.1. The van der Waals surface area contributed by atoms with Crippen molar-refractivity contribution in [1.82, 2.24) is 15.0 Å². The molecule has 0 atom stereocenters. The second-order valence-corrected chi connectivity index (χ2v) is 7.74. The van der Waals surface area contributed by atoms with E-state index in [-0.39, 0.29) is 23.3 Å². The molecule has 170 valence electrons. The summed E-state index contributed by atoms with van der Waals surface area (Å²) in [6, 6.07) is 13.3. The van der Waals surface area contributed by atoms with Crippen LogP contribution in [0.2, 0.25) is 10.0 Å². The average molecular weight is 492 g/mol. The number of carbonyl (C=O) groups excluding carboxylic acids is 1. The fourth-order valence-corrected chi connectivity index (χ4v) is 3.28. The number of hydrogen-bond acceptors (Lipinski definition) is 5. The van der Waals surface area contributed by atoms with Crippen LogP contribution in [0.4, 0.5) is 8.78 Å². The number of benzene rings is 1. The quantitative estimate of drug-likeness (QED) is 0.489. The molecule has 0 bridgehead atoms. The van der Waals surface area contributed by atoms with Crippen LogP contribution in [0.1, 0.15) is 22.5 Å². The number of hydrogen-bond donors (Lipinski definition) is 2. The van der Waals surface area contributed by atoms with Crippen molar-refractivity contribution in [1.29, 1.82) is 5.26 Å². The van der Waals surface area contributed by atoms with Crippen LogP contribution in [-0.4, -0.2) is 27.4 Å². The molecule has 0 fully saturated rings. The van der Waals surface area contributed by atoms with Gasteiger partial charge in [-0.15, -0.1) is 0 Å². The first kappa shape index (κ1) is 24.2. The second kappa shape index (κ2) is 10.4. The van der Waals surface area contributed by atoms with Gasteiger partial charge in [0.05, 0.1) is 17.7 Å². The van der Waals surface area contributed by atoms with Crippen LogP contribution in [0.15, 0.2) is 59.7 Å². The maximum Gasteiger partial charge on any atom is 0.308 e. The molecule has 0 unspecified atom stereocenters. The molecule has 11 heteroatoms. The molecule has 7 nitrogen and oxygen atoms in total. The fraction of sp³-hybridized carbons (Fsp3) is 0.182. The summed E-state index contributed by atoms with van der Waals surface area (Å²) in [6.45, 7) is -0.929. The second-order valence-electron chi connectivity index (χ2n) is 6.90. The zero-order valence-corrected chi connectivity index (χ0v) is 18.5. The zero-order valence-electron chi connectivity index (χ0n) is 17.0. The number of aromatic nitrogens is 2. The van der Waals surface area contributed by atoms with Crippen LogP contribution in [0.5, 0.6) is 0 Å². The van der Waals surface area contributed by atoms with Gasteiger partial charge in [0.15, 0.2) is 5.49 Å². The van der Waals surface area contributed by atoms with Crippen molar-refractivity contribution in [3.05, 3.63) is 92.8 Å². The first-order valence-corrected chi connectivity index (χ1v) is 10.3. The maximum absolute atomic E-state index is 14.4. The molecule has 0 radical (unpaired) electrons. The highest BCUT2D eigenvalue weighted by Gasteiger charge is 2.32. The monoisotopic (exact) mass is 491 g/mol. The van der Waals surface area contributed by atoms with E-state index in [9.17, 15) is 24.0 Å². The summed E-state index contributed by atoms with van der Waals surface area (Å²) in [6.07, 6.45) is 0.835. The first-order chi connectivity index (χ1) is 15.7. The van der Waals surface area contributed by atoms with Gasteiger partial charge in [0.1, 0.15) is 18.3 Å². The van der Waals surface area contributed by atoms with E-state index in [0.717, 1.165) is 0 Å². The highest BCUT2D eigenvalue weighted by Crippen LogP contribution is 2.26. The Morgan fingerprint density at radius 1 is 1.24 bits per heavy atom. The SMILES string of the molecule is N#Cc1ccc(=NCC(F)(F)c2ccccn2)n(O)c1CC(=O)NCc1cc(Cl)ccc1Cl. The van der Waals surface area contributed by atoms with Crippen LogP contribution < -0.4 is 10.8 Å². The number of nitrogens with zero attached hydrogens (tertiary/aromatic N) is 4. The van der Waals surface area contributed by atoms with Gasteiger partial charge in [0.2, 0.25) is 5.91 Å². The Labute approximate surface area is 197 Å². The molecular formula is C22H17Cl2F2N5O2. The Kier molecular flexibility index (Phi) is 7.63. The van der Waals surface area contributed by atoms with Crippen LogP contribution >= 0.6 is 23.2 Å². The number of amides is 1. The van der Waals surface area contributed by atoms with Gasteiger partial charge in [-0.2, -0.15) is 18.8 Å². The molecule has 0 aliphatic heterocycles. The lowest BCUT2D eigenvalue weighted by Gasteiger charge is -2.14. The van der Waals surface area contributed by atoms with Gasteiger partial charge in [-0.05, 0) is 48.0 Å². The molecule has 33 heavy (non-hydrogen) atoms. The lowest BCUT2D eigenvalue weighted by molar-refractivity contribution is -0.120. The van der Waals surface area contributed by atoms with Gasteiger partial charge in [-0.3, -0.25) is 14.8 Å². The minimum absolute atomic E-state index is 0.0103. The summed E-state index contributed by atoms with van der Waals surface area (Å²) >= 11 is 12.0. The number of carbonyl (C=O) groups is 1. The third kappa shape index (κ3) is 6.06. The Hall–Kier alpha value is -3.48. The summed E-state index contributed by atoms with van der Waals surface area (Å²) in [5, 5.41) is 23.3. The predicted molar refractivity (Wildman–Crippen MR) is 117 cm³/mol. The van der Waals surface area contributed by atoms with E-state index < -0.39 is 30.5 Å². The minimum atomic E-state index is -3.38. The molecule has 0 aliphatic rings. The topological polar surface area (TPSA) is 103 Å². The molecule has 2 aromatic heterocycles. The molecule has 0 saturated carbocycles. The molecule has 0 spiro atoms. The van der Waals surface area contributed by atoms with E-state index in [1.807, 2.05) is 6.07 Å². The van der Waals surface area contributed by atoms with Crippen molar-refractivity contribution >= 4 is 29.1 Å². The molecular weight excluding hydrogens is 475 g/mol. The smallest absolute Gasteiger partial charge is 0.308 e. The molecule has 1 aromatic carbocycles. The number of alkyl halides is 2. The van der Waals surface area contributed by atoms with Gasteiger partial charge in [-0.1, -0.05) is 29.3 Å². The summed E-state index contributed by atoms with van der Waals surface area (Å²) in [5.41, 5.74) is -0.245. The molecule has 1 amide bonds. The van der Waals surface area contributed by atoms with Gasteiger partial charge in [0.25, 0.3) is 0 Å². The van der Waals surface area contributed by atoms with E-state index in [0.29, 0.717) is 20.3 Å². The summed E-state index contributed by atoms with van der Waals surface area (Å²) < 4.78 is 29.2. The molecule has 0 aliphatic carbocycles. The number of nitrogens with one attached hydrogen (secondary N) is 1. The fourth-order valence-electron chi connectivity index (χ4n) is 2.90. The van der Waals surface area contributed by atoms with Gasteiger partial charge < -0.3 is 10.5 Å². The van der Waals surface area contributed by atoms with Crippen LogP contribution in [0, 0.1) is 11.3 Å². The van der Waals surface area contributed by atoms with Crippen molar-refractivity contribution in [3.8, 4) is 6.07 Å². The highest BCUT2D eigenvalue weighted by atomic mass is 35.5. The first-order valence-electron chi connectivity index (χ1n) is 9.56. The standard InChI is InChI=1S/C22H17Cl2F2N5O2/c23-16-5-6-17(24)15(9-16)12-29-21(32)10-18-14(11-27)4-7-20(31(18)33)30-13-22(25,26)19-3-1-2-8-28-19/h1-9,33H,10,12-13H2,(H,29,32). The lowest BCUT2D eigenvalue weighted by Crippen LogP contribution is -2.31. The number of nitriles is 1. The van der Waals surface area contributed by atoms with E-state index >= 15 is 0 Å². The highest BCUT2D eigenvalue weighted by molar-refractivity contribution is 6.33. The molecule has 0 saturated heterocycles. The van der Waals surface area contributed by atoms with Crippen molar-refractivity contribution in [2.75, 3.05) is 6.54 Å². The van der Waals surface area contributed by atoms with Gasteiger partial charge in [0, 0.05) is 22.8 Å². The maximum atomic E-state index is 14.4. The van der Waals surface area contributed by atoms with E-state index in [1.165, 1.54) is 36.5 Å². The number of pyridine rings is 2. The van der Waals surface area contributed by atoms with Gasteiger partial charge >= 0.3 is 5.92 Å². The number of rotatable bonds is 7. The molecule has 3 rings (SSSR count). The van der Waals surface area contributed by atoms with E-state index in [2.05, 4.69) is 15.3 Å². The predicted octanol–water partition coefficient (Wildman–Crippen LogP) is 3.85.